The van der Waals surface area contributed by atoms with Gasteiger partial charge in [0, 0.05) is 18.7 Å². The van der Waals surface area contributed by atoms with Crippen molar-refractivity contribution < 1.29 is 0 Å². The zero-order chi connectivity index (χ0) is 25.9. The van der Waals surface area contributed by atoms with Crippen LogP contribution in [-0.4, -0.2) is 30.1 Å². The van der Waals surface area contributed by atoms with Crippen LogP contribution in [0.15, 0.2) is 47.3 Å². The molecule has 5 rings (SSSR count). The van der Waals surface area contributed by atoms with Gasteiger partial charge >= 0.3 is 0 Å². The summed E-state index contributed by atoms with van der Waals surface area (Å²) in [5, 5.41) is 14.2. The van der Waals surface area contributed by atoms with Gasteiger partial charge in [-0.15, -0.1) is 5.10 Å². The lowest BCUT2D eigenvalue weighted by atomic mass is 9.95. The number of aryl methyl sites for hydroxylation is 3. The van der Waals surface area contributed by atoms with Crippen molar-refractivity contribution in [2.75, 3.05) is 0 Å². The Bertz CT molecular complexity index is 1410. The molecule has 0 bridgehead atoms. The highest BCUT2D eigenvalue weighted by molar-refractivity contribution is 5.82. The molecule has 2 heterocycles. The summed E-state index contributed by atoms with van der Waals surface area (Å²) in [5.41, 5.74) is 6.38. The maximum Gasteiger partial charge on any atom is 0.252 e. The third kappa shape index (κ3) is 5.52. The SMILES string of the molecule is CC[C@@H](c1nnnn1C1CCCCC1)N(Cc1ccc(C)cc1)Cc1cc2cc(C)cc(C)c2[nH]c1=O. The first-order valence-corrected chi connectivity index (χ1v) is 13.6. The van der Waals surface area contributed by atoms with E-state index in [1.807, 2.05) is 6.92 Å². The number of hydrogen-bond acceptors (Lipinski definition) is 5. The van der Waals surface area contributed by atoms with Crippen LogP contribution in [0.1, 0.15) is 91.2 Å². The van der Waals surface area contributed by atoms with Crippen molar-refractivity contribution in [2.24, 2.45) is 0 Å². The molecule has 2 aromatic carbocycles. The topological polar surface area (TPSA) is 79.7 Å². The first-order chi connectivity index (χ1) is 17.9. The number of tetrazole rings is 1. The van der Waals surface area contributed by atoms with E-state index in [4.69, 9.17) is 0 Å². The summed E-state index contributed by atoms with van der Waals surface area (Å²) < 4.78 is 2.08. The van der Waals surface area contributed by atoms with Crippen molar-refractivity contribution in [3.05, 3.63) is 86.5 Å². The fourth-order valence-corrected chi connectivity index (χ4v) is 5.88. The summed E-state index contributed by atoms with van der Waals surface area (Å²) in [6.45, 7) is 9.66. The fraction of sp³-hybridized carbons (Fsp3) is 0.467. The predicted molar refractivity (Wildman–Crippen MR) is 147 cm³/mol. The number of hydrogen-bond donors (Lipinski definition) is 1. The summed E-state index contributed by atoms with van der Waals surface area (Å²) in [6, 6.07) is 15.3. The molecule has 1 aliphatic carbocycles. The number of aromatic amines is 1. The predicted octanol–water partition coefficient (Wildman–Crippen LogP) is 6.10. The first kappa shape index (κ1) is 25.3. The van der Waals surface area contributed by atoms with Crippen LogP contribution in [0.4, 0.5) is 0 Å². The highest BCUT2D eigenvalue weighted by atomic mass is 16.1. The lowest BCUT2D eigenvalue weighted by Gasteiger charge is -2.32. The van der Waals surface area contributed by atoms with Crippen LogP contribution in [0.2, 0.25) is 0 Å². The van der Waals surface area contributed by atoms with Gasteiger partial charge in [-0.25, -0.2) is 4.68 Å². The number of aromatic nitrogens is 5. The van der Waals surface area contributed by atoms with E-state index in [2.05, 4.69) is 93.3 Å². The molecular weight excluding hydrogens is 460 g/mol. The van der Waals surface area contributed by atoms with Crippen molar-refractivity contribution in [1.29, 1.82) is 0 Å². The minimum atomic E-state index is -0.0323. The molecule has 0 radical (unpaired) electrons. The molecule has 0 aliphatic heterocycles. The van der Waals surface area contributed by atoms with Crippen LogP contribution >= 0.6 is 0 Å². The molecule has 0 amide bonds. The normalized spacial score (nSPS) is 15.5. The molecular formula is C30H38N6O. The molecule has 7 nitrogen and oxygen atoms in total. The average molecular weight is 499 g/mol. The minimum Gasteiger partial charge on any atom is -0.321 e. The number of fused-ring (bicyclic) bond motifs is 1. The molecule has 1 atom stereocenters. The van der Waals surface area contributed by atoms with Gasteiger partial charge in [0.1, 0.15) is 0 Å². The molecule has 4 aromatic rings. The van der Waals surface area contributed by atoms with E-state index in [-0.39, 0.29) is 11.6 Å². The lowest BCUT2D eigenvalue weighted by Crippen LogP contribution is -2.33. The third-order valence-electron chi connectivity index (χ3n) is 7.81. The molecule has 0 spiro atoms. The van der Waals surface area contributed by atoms with Gasteiger partial charge in [-0.1, -0.05) is 67.6 Å². The maximum atomic E-state index is 13.3. The molecule has 1 aliphatic rings. The Morgan fingerprint density at radius 2 is 1.76 bits per heavy atom. The Kier molecular flexibility index (Phi) is 7.51. The van der Waals surface area contributed by atoms with Gasteiger partial charge in [0.15, 0.2) is 5.82 Å². The highest BCUT2D eigenvalue weighted by Gasteiger charge is 2.29. The Labute approximate surface area is 218 Å². The summed E-state index contributed by atoms with van der Waals surface area (Å²) >= 11 is 0. The molecule has 1 saturated carbocycles. The second kappa shape index (κ2) is 11.0. The largest absolute Gasteiger partial charge is 0.321 e. The Balaban J connectivity index is 1.54. The van der Waals surface area contributed by atoms with E-state index < -0.39 is 0 Å². The van der Waals surface area contributed by atoms with E-state index >= 15 is 0 Å². The van der Waals surface area contributed by atoms with Crippen molar-refractivity contribution in [2.45, 2.75) is 91.4 Å². The molecule has 194 valence electrons. The summed E-state index contributed by atoms with van der Waals surface area (Å²) in [6.07, 6.45) is 6.82. The van der Waals surface area contributed by atoms with Crippen LogP contribution in [0.3, 0.4) is 0 Å². The zero-order valence-electron chi connectivity index (χ0n) is 22.5. The number of nitrogens with one attached hydrogen (secondary N) is 1. The van der Waals surface area contributed by atoms with Gasteiger partial charge in [0.25, 0.3) is 5.56 Å². The number of rotatable bonds is 8. The summed E-state index contributed by atoms with van der Waals surface area (Å²) in [4.78, 5) is 18.8. The summed E-state index contributed by atoms with van der Waals surface area (Å²) in [5.74, 6) is 0.908. The Morgan fingerprint density at radius 3 is 2.49 bits per heavy atom. The van der Waals surface area contributed by atoms with E-state index in [0.717, 1.165) is 47.1 Å². The Morgan fingerprint density at radius 1 is 1.00 bits per heavy atom. The van der Waals surface area contributed by atoms with E-state index in [0.29, 0.717) is 19.1 Å². The maximum absolute atomic E-state index is 13.3. The zero-order valence-corrected chi connectivity index (χ0v) is 22.5. The van der Waals surface area contributed by atoms with Gasteiger partial charge in [0.2, 0.25) is 0 Å². The monoisotopic (exact) mass is 498 g/mol. The van der Waals surface area contributed by atoms with E-state index in [9.17, 15) is 4.79 Å². The Hall–Kier alpha value is -3.32. The second-order valence-electron chi connectivity index (χ2n) is 10.8. The van der Waals surface area contributed by atoms with Gasteiger partial charge < -0.3 is 4.98 Å². The van der Waals surface area contributed by atoms with Gasteiger partial charge in [-0.2, -0.15) is 0 Å². The van der Waals surface area contributed by atoms with Crippen LogP contribution in [0.5, 0.6) is 0 Å². The first-order valence-electron chi connectivity index (χ1n) is 13.6. The highest BCUT2D eigenvalue weighted by Crippen LogP contribution is 2.33. The van der Waals surface area contributed by atoms with Crippen molar-refractivity contribution in [3.63, 3.8) is 0 Å². The van der Waals surface area contributed by atoms with Crippen LogP contribution in [-0.2, 0) is 13.1 Å². The van der Waals surface area contributed by atoms with Crippen molar-refractivity contribution >= 4 is 10.9 Å². The number of H-pyrrole nitrogens is 1. The van der Waals surface area contributed by atoms with Crippen molar-refractivity contribution in [1.82, 2.24) is 30.1 Å². The van der Waals surface area contributed by atoms with Gasteiger partial charge in [-0.05, 0) is 79.1 Å². The van der Waals surface area contributed by atoms with Crippen LogP contribution in [0.25, 0.3) is 10.9 Å². The van der Waals surface area contributed by atoms with Crippen LogP contribution < -0.4 is 5.56 Å². The van der Waals surface area contributed by atoms with E-state index in [1.54, 1.807) is 0 Å². The van der Waals surface area contributed by atoms with Gasteiger partial charge in [-0.3, -0.25) is 9.69 Å². The number of nitrogens with zero attached hydrogens (tertiary/aromatic N) is 5. The molecule has 7 heteroatoms. The minimum absolute atomic E-state index is 0.00688. The van der Waals surface area contributed by atoms with Crippen LogP contribution in [0, 0.1) is 20.8 Å². The lowest BCUT2D eigenvalue weighted by molar-refractivity contribution is 0.155. The quantitative estimate of drug-likeness (QED) is 0.318. The molecule has 2 aromatic heterocycles. The molecule has 1 N–H and O–H groups in total. The number of benzene rings is 2. The summed E-state index contributed by atoms with van der Waals surface area (Å²) in [7, 11) is 0. The van der Waals surface area contributed by atoms with E-state index in [1.165, 1.54) is 36.0 Å². The second-order valence-corrected chi connectivity index (χ2v) is 10.8. The van der Waals surface area contributed by atoms with Crippen molar-refractivity contribution in [3.8, 4) is 0 Å². The fourth-order valence-electron chi connectivity index (χ4n) is 5.88. The molecule has 1 fully saturated rings. The third-order valence-corrected chi connectivity index (χ3v) is 7.81. The standard InChI is InChI=1S/C30H38N6O/c1-5-27(29-32-33-34-36(29)26-9-7-6-8-10-26)35(18-23-13-11-20(2)12-14-23)19-25-17-24-16-21(3)15-22(4)28(24)31-30(25)37/h11-17,26-27H,5-10,18-19H2,1-4H3,(H,31,37)/t27-/m0/s1. The number of pyridine rings is 1. The average Bonchev–Trinajstić information content (AvgIpc) is 3.37. The molecule has 0 unspecified atom stereocenters. The molecule has 37 heavy (non-hydrogen) atoms. The molecule has 0 saturated heterocycles. The van der Waals surface area contributed by atoms with Gasteiger partial charge in [0.05, 0.1) is 17.6 Å². The smallest absolute Gasteiger partial charge is 0.252 e.